The Bertz CT molecular complexity index is 960. The summed E-state index contributed by atoms with van der Waals surface area (Å²) >= 11 is 1.26. The van der Waals surface area contributed by atoms with Gasteiger partial charge in [-0.2, -0.15) is 0 Å². The zero-order valence-electron chi connectivity index (χ0n) is 12.7. The van der Waals surface area contributed by atoms with Crippen molar-refractivity contribution in [2.24, 2.45) is 0 Å². The first-order chi connectivity index (χ1) is 11.6. The second-order valence-electron chi connectivity index (χ2n) is 5.69. The first-order valence-electron chi connectivity index (χ1n) is 7.57. The first-order valence-corrected chi connectivity index (χ1v) is 8.39. The maximum atomic E-state index is 11.8. The van der Waals surface area contributed by atoms with Gasteiger partial charge in [0.15, 0.2) is 5.78 Å². The van der Waals surface area contributed by atoms with E-state index in [1.54, 1.807) is 18.5 Å². The molecule has 0 saturated heterocycles. The van der Waals surface area contributed by atoms with E-state index in [9.17, 15) is 14.7 Å². The lowest BCUT2D eigenvalue weighted by Crippen LogP contribution is -1.90. The predicted octanol–water partition coefficient (Wildman–Crippen LogP) is 4.30. The zero-order valence-corrected chi connectivity index (χ0v) is 13.5. The van der Waals surface area contributed by atoms with Crippen LogP contribution in [0.2, 0.25) is 0 Å². The molecular formula is C19H13NO3S. The fourth-order valence-electron chi connectivity index (χ4n) is 3.05. The summed E-state index contributed by atoms with van der Waals surface area (Å²) in [5.74, 6) is -0.749. The van der Waals surface area contributed by atoms with E-state index in [2.05, 4.69) is 4.98 Å². The summed E-state index contributed by atoms with van der Waals surface area (Å²) in [4.78, 5) is 28.4. The number of aromatic nitrogens is 1. The average molecular weight is 335 g/mol. The van der Waals surface area contributed by atoms with Crippen LogP contribution in [0.5, 0.6) is 0 Å². The molecule has 1 aliphatic rings. The van der Waals surface area contributed by atoms with Crippen molar-refractivity contribution in [2.45, 2.75) is 12.8 Å². The highest BCUT2D eigenvalue weighted by Crippen LogP contribution is 2.40. The van der Waals surface area contributed by atoms with Crippen LogP contribution in [0.15, 0.2) is 48.8 Å². The van der Waals surface area contributed by atoms with Crippen molar-refractivity contribution in [3.05, 3.63) is 64.8 Å². The molecule has 0 bridgehead atoms. The van der Waals surface area contributed by atoms with Gasteiger partial charge in [-0.3, -0.25) is 9.78 Å². The first kappa shape index (κ1) is 14.8. The number of hydrogen-bond acceptors (Lipinski definition) is 4. The van der Waals surface area contributed by atoms with Crippen molar-refractivity contribution in [3.8, 4) is 21.6 Å². The molecular weight excluding hydrogens is 322 g/mol. The molecule has 1 aliphatic carbocycles. The van der Waals surface area contributed by atoms with Crippen molar-refractivity contribution >= 4 is 23.1 Å². The summed E-state index contributed by atoms with van der Waals surface area (Å²) in [7, 11) is 0. The van der Waals surface area contributed by atoms with Crippen LogP contribution in [-0.2, 0) is 6.42 Å². The van der Waals surface area contributed by atoms with Gasteiger partial charge >= 0.3 is 5.97 Å². The number of aryl methyl sites for hydroxylation is 1. The Balaban J connectivity index is 1.89. The average Bonchev–Trinajstić information content (AvgIpc) is 3.20. The second kappa shape index (κ2) is 5.69. The van der Waals surface area contributed by atoms with Crippen LogP contribution in [0.3, 0.4) is 0 Å². The highest BCUT2D eigenvalue weighted by Gasteiger charge is 2.22. The molecule has 0 atom stereocenters. The third-order valence-electron chi connectivity index (χ3n) is 4.22. The molecule has 0 amide bonds. The molecule has 4 nitrogen and oxygen atoms in total. The number of nitrogens with zero attached hydrogens (tertiary/aromatic N) is 1. The maximum absolute atomic E-state index is 11.8. The molecule has 24 heavy (non-hydrogen) atoms. The molecule has 0 saturated carbocycles. The minimum absolute atomic E-state index is 0.184. The van der Waals surface area contributed by atoms with Crippen molar-refractivity contribution in [2.75, 3.05) is 0 Å². The predicted molar refractivity (Wildman–Crippen MR) is 92.6 cm³/mol. The Kier molecular flexibility index (Phi) is 3.50. The number of carboxylic acids is 1. The minimum Gasteiger partial charge on any atom is -0.477 e. The van der Waals surface area contributed by atoms with Crippen LogP contribution < -0.4 is 0 Å². The Morgan fingerprint density at radius 3 is 2.54 bits per heavy atom. The lowest BCUT2D eigenvalue weighted by atomic mass is 10.00. The Morgan fingerprint density at radius 2 is 1.79 bits per heavy atom. The number of Topliss-reactive ketones (excluding diaryl/α,β-unsaturated/α-hetero) is 1. The van der Waals surface area contributed by atoms with E-state index in [0.717, 1.165) is 39.1 Å². The van der Waals surface area contributed by atoms with Crippen LogP contribution in [0.1, 0.15) is 32.0 Å². The monoisotopic (exact) mass is 335 g/mol. The second-order valence-corrected chi connectivity index (χ2v) is 6.74. The molecule has 1 N–H and O–H groups in total. The number of carbonyl (C=O) groups excluding carboxylic acids is 1. The quantitative estimate of drug-likeness (QED) is 0.775. The number of fused-ring (bicyclic) bond motifs is 1. The zero-order chi connectivity index (χ0) is 16.7. The number of aromatic carboxylic acids is 1. The standard InChI is InChI=1S/C19H13NO3S/c21-16-4-2-12-9-13(1-3-14(12)16)18-15(10-17(24-18)19(22)23)11-5-7-20-8-6-11/h1,3,5-10H,2,4H2,(H,22,23). The van der Waals surface area contributed by atoms with Gasteiger partial charge in [0.25, 0.3) is 0 Å². The maximum Gasteiger partial charge on any atom is 0.345 e. The Morgan fingerprint density at radius 1 is 1.00 bits per heavy atom. The third kappa shape index (κ3) is 2.43. The molecule has 118 valence electrons. The van der Waals surface area contributed by atoms with E-state index in [1.807, 2.05) is 30.3 Å². The number of benzene rings is 1. The van der Waals surface area contributed by atoms with E-state index in [4.69, 9.17) is 0 Å². The van der Waals surface area contributed by atoms with E-state index in [0.29, 0.717) is 11.3 Å². The number of rotatable bonds is 3. The van der Waals surface area contributed by atoms with Crippen molar-refractivity contribution in [1.29, 1.82) is 0 Å². The summed E-state index contributed by atoms with van der Waals surface area (Å²) in [5.41, 5.74) is 4.60. The Hall–Kier alpha value is -2.79. The summed E-state index contributed by atoms with van der Waals surface area (Å²) < 4.78 is 0. The molecule has 0 aliphatic heterocycles. The fourth-order valence-corrected chi connectivity index (χ4v) is 4.07. The van der Waals surface area contributed by atoms with Gasteiger partial charge in [-0.1, -0.05) is 12.1 Å². The third-order valence-corrected chi connectivity index (χ3v) is 5.40. The molecule has 5 heteroatoms. The van der Waals surface area contributed by atoms with Gasteiger partial charge in [0.05, 0.1) is 0 Å². The highest BCUT2D eigenvalue weighted by molar-refractivity contribution is 7.18. The number of hydrogen-bond donors (Lipinski definition) is 1. The SMILES string of the molecule is O=C(O)c1cc(-c2ccncc2)c(-c2ccc3c(c2)CCC3=O)s1. The number of ketones is 1. The molecule has 2 aromatic heterocycles. The van der Waals surface area contributed by atoms with Crippen LogP contribution in [0.4, 0.5) is 0 Å². The number of carbonyl (C=O) groups is 2. The number of thiophene rings is 1. The topological polar surface area (TPSA) is 67.3 Å². The van der Waals surface area contributed by atoms with Gasteiger partial charge in [0.1, 0.15) is 4.88 Å². The van der Waals surface area contributed by atoms with Crippen LogP contribution in [-0.4, -0.2) is 21.8 Å². The summed E-state index contributed by atoms with van der Waals surface area (Å²) in [6.45, 7) is 0. The highest BCUT2D eigenvalue weighted by atomic mass is 32.1. The molecule has 0 spiro atoms. The van der Waals surface area contributed by atoms with Gasteiger partial charge in [-0.25, -0.2) is 4.79 Å². The molecule has 2 heterocycles. The lowest BCUT2D eigenvalue weighted by molar-refractivity contribution is 0.0702. The Labute approximate surface area is 142 Å². The molecule has 1 aromatic carbocycles. The van der Waals surface area contributed by atoms with Crippen molar-refractivity contribution in [1.82, 2.24) is 4.98 Å². The van der Waals surface area contributed by atoms with Crippen LogP contribution in [0.25, 0.3) is 21.6 Å². The van der Waals surface area contributed by atoms with E-state index in [-0.39, 0.29) is 5.78 Å². The molecule has 4 rings (SSSR count). The summed E-state index contributed by atoms with van der Waals surface area (Å²) in [6.07, 6.45) is 4.70. The van der Waals surface area contributed by atoms with Gasteiger partial charge in [0, 0.05) is 34.8 Å². The summed E-state index contributed by atoms with van der Waals surface area (Å²) in [6, 6.07) is 11.2. The number of pyridine rings is 1. The van der Waals surface area contributed by atoms with Gasteiger partial charge in [0.2, 0.25) is 0 Å². The normalized spacial score (nSPS) is 13.1. The van der Waals surface area contributed by atoms with Crippen molar-refractivity contribution in [3.63, 3.8) is 0 Å². The summed E-state index contributed by atoms with van der Waals surface area (Å²) in [5, 5.41) is 9.36. The smallest absolute Gasteiger partial charge is 0.345 e. The van der Waals surface area contributed by atoms with Gasteiger partial charge < -0.3 is 5.11 Å². The molecule has 0 radical (unpaired) electrons. The minimum atomic E-state index is -0.933. The molecule has 0 unspecified atom stereocenters. The van der Waals surface area contributed by atoms with Crippen molar-refractivity contribution < 1.29 is 14.7 Å². The molecule has 3 aromatic rings. The fraction of sp³-hybridized carbons (Fsp3) is 0.105. The van der Waals surface area contributed by atoms with Crippen LogP contribution in [0, 0.1) is 0 Å². The van der Waals surface area contributed by atoms with E-state index >= 15 is 0 Å². The van der Waals surface area contributed by atoms with E-state index < -0.39 is 5.97 Å². The largest absolute Gasteiger partial charge is 0.477 e. The van der Waals surface area contributed by atoms with E-state index in [1.165, 1.54) is 11.3 Å². The van der Waals surface area contributed by atoms with Crippen LogP contribution >= 0.6 is 11.3 Å². The number of carboxylic acid groups (broad SMARTS) is 1. The lowest BCUT2D eigenvalue weighted by Gasteiger charge is -2.06. The van der Waals surface area contributed by atoms with Gasteiger partial charge in [-0.15, -0.1) is 11.3 Å². The van der Waals surface area contributed by atoms with Gasteiger partial charge in [-0.05, 0) is 47.4 Å². The molecule has 0 fully saturated rings.